The summed E-state index contributed by atoms with van der Waals surface area (Å²) in [5.41, 5.74) is 0.0441. The van der Waals surface area contributed by atoms with Crippen LogP contribution in [-0.2, 0) is 0 Å². The van der Waals surface area contributed by atoms with Gasteiger partial charge in [-0.1, -0.05) is 13.3 Å². The molecule has 0 aromatic heterocycles. The number of unbranched alkanes of at least 4 members (excludes halogenated alkanes) is 1. The lowest BCUT2D eigenvalue weighted by atomic mass is 10.1. The summed E-state index contributed by atoms with van der Waals surface area (Å²) in [6.45, 7) is 4.31. The summed E-state index contributed by atoms with van der Waals surface area (Å²) in [6, 6.07) is 2.42. The minimum Gasteiger partial charge on any atom is -0.305 e. The number of nitrogens with zero attached hydrogens (tertiary/aromatic N) is 2. The molecule has 0 unspecified atom stereocenters. The monoisotopic (exact) mass is 166 g/mol. The number of hydrogen-bond donors (Lipinski definition) is 0. The molecule has 1 rings (SSSR count). The molecule has 0 N–H and O–H groups in total. The molecule has 0 atom stereocenters. The second-order valence-electron chi connectivity index (χ2n) is 3.98. The fraction of sp³-hybridized carbons (Fsp3) is 0.900. The zero-order valence-corrected chi connectivity index (χ0v) is 8.14. The molecular weight excluding hydrogens is 148 g/mol. The highest BCUT2D eigenvalue weighted by Crippen LogP contribution is 2.45. The fourth-order valence-corrected chi connectivity index (χ4v) is 1.48. The largest absolute Gasteiger partial charge is 0.305 e. The van der Waals surface area contributed by atoms with Crippen LogP contribution in [0.5, 0.6) is 0 Å². The second kappa shape index (κ2) is 3.91. The standard InChI is InChI=1S/C10H18N2/c1-3-4-7-12(2)9-10(8-11)5-6-10/h3-7,9H2,1-2H3. The molecule has 2 nitrogen and oxygen atoms in total. The lowest BCUT2D eigenvalue weighted by Crippen LogP contribution is -2.26. The molecule has 0 heterocycles. The van der Waals surface area contributed by atoms with Gasteiger partial charge < -0.3 is 4.90 Å². The average Bonchev–Trinajstić information content (AvgIpc) is 2.82. The summed E-state index contributed by atoms with van der Waals surface area (Å²) in [6.07, 6.45) is 4.71. The van der Waals surface area contributed by atoms with Crippen molar-refractivity contribution >= 4 is 0 Å². The number of rotatable bonds is 5. The van der Waals surface area contributed by atoms with Gasteiger partial charge in [0.2, 0.25) is 0 Å². The first-order valence-electron chi connectivity index (χ1n) is 4.82. The van der Waals surface area contributed by atoms with E-state index in [0.717, 1.165) is 25.9 Å². The van der Waals surface area contributed by atoms with Gasteiger partial charge in [0.1, 0.15) is 0 Å². The summed E-state index contributed by atoms with van der Waals surface area (Å²) in [4.78, 5) is 2.29. The van der Waals surface area contributed by atoms with Crippen LogP contribution in [0, 0.1) is 16.7 Å². The van der Waals surface area contributed by atoms with E-state index in [0.29, 0.717) is 0 Å². The molecule has 1 fully saturated rings. The average molecular weight is 166 g/mol. The van der Waals surface area contributed by atoms with Crippen molar-refractivity contribution in [3.05, 3.63) is 0 Å². The van der Waals surface area contributed by atoms with Crippen molar-refractivity contribution in [2.45, 2.75) is 32.6 Å². The maximum atomic E-state index is 8.85. The summed E-state index contributed by atoms with van der Waals surface area (Å²) in [5.74, 6) is 0. The van der Waals surface area contributed by atoms with E-state index in [4.69, 9.17) is 5.26 Å². The third kappa shape index (κ3) is 2.49. The van der Waals surface area contributed by atoms with E-state index >= 15 is 0 Å². The van der Waals surface area contributed by atoms with Crippen LogP contribution < -0.4 is 0 Å². The van der Waals surface area contributed by atoms with Crippen LogP contribution in [0.2, 0.25) is 0 Å². The minimum absolute atomic E-state index is 0.0441. The van der Waals surface area contributed by atoms with Crippen LogP contribution in [0.4, 0.5) is 0 Å². The first-order valence-corrected chi connectivity index (χ1v) is 4.82. The van der Waals surface area contributed by atoms with Crippen LogP contribution in [0.25, 0.3) is 0 Å². The van der Waals surface area contributed by atoms with Gasteiger partial charge in [0.25, 0.3) is 0 Å². The number of hydrogen-bond acceptors (Lipinski definition) is 2. The molecular formula is C10H18N2. The maximum absolute atomic E-state index is 8.85. The third-order valence-electron chi connectivity index (χ3n) is 2.56. The van der Waals surface area contributed by atoms with Crippen molar-refractivity contribution < 1.29 is 0 Å². The Hall–Kier alpha value is -0.550. The molecule has 0 aromatic carbocycles. The molecule has 0 aliphatic heterocycles. The van der Waals surface area contributed by atoms with Crippen molar-refractivity contribution in [1.82, 2.24) is 4.90 Å². The van der Waals surface area contributed by atoms with Crippen molar-refractivity contribution in [3.63, 3.8) is 0 Å². The lowest BCUT2D eigenvalue weighted by molar-refractivity contribution is 0.289. The second-order valence-corrected chi connectivity index (χ2v) is 3.98. The molecule has 0 bridgehead atoms. The maximum Gasteiger partial charge on any atom is 0.0703 e. The molecule has 1 aliphatic rings. The topological polar surface area (TPSA) is 27.0 Å². The van der Waals surface area contributed by atoms with E-state index in [1.807, 2.05) is 0 Å². The molecule has 0 saturated heterocycles. The van der Waals surface area contributed by atoms with E-state index in [9.17, 15) is 0 Å². The Morgan fingerprint density at radius 2 is 2.17 bits per heavy atom. The lowest BCUT2D eigenvalue weighted by Gasteiger charge is -2.18. The van der Waals surface area contributed by atoms with Gasteiger partial charge in [-0.25, -0.2) is 0 Å². The predicted molar refractivity (Wildman–Crippen MR) is 49.7 cm³/mol. The number of nitriles is 1. The van der Waals surface area contributed by atoms with Gasteiger partial charge in [0.05, 0.1) is 11.5 Å². The highest BCUT2D eigenvalue weighted by Gasteiger charge is 2.43. The van der Waals surface area contributed by atoms with Gasteiger partial charge in [-0.05, 0) is 32.9 Å². The molecule has 0 amide bonds. The van der Waals surface area contributed by atoms with Crippen LogP contribution in [0.15, 0.2) is 0 Å². The summed E-state index contributed by atoms with van der Waals surface area (Å²) in [7, 11) is 2.12. The first kappa shape index (κ1) is 9.54. The molecule has 0 spiro atoms. The van der Waals surface area contributed by atoms with E-state index in [1.165, 1.54) is 12.8 Å². The van der Waals surface area contributed by atoms with Gasteiger partial charge in [-0.15, -0.1) is 0 Å². The molecule has 68 valence electrons. The van der Waals surface area contributed by atoms with Gasteiger partial charge in [-0.2, -0.15) is 5.26 Å². The molecule has 1 saturated carbocycles. The van der Waals surface area contributed by atoms with Gasteiger partial charge in [0.15, 0.2) is 0 Å². The van der Waals surface area contributed by atoms with Gasteiger partial charge >= 0.3 is 0 Å². The van der Waals surface area contributed by atoms with Crippen LogP contribution in [0.3, 0.4) is 0 Å². The highest BCUT2D eigenvalue weighted by molar-refractivity contribution is 5.11. The smallest absolute Gasteiger partial charge is 0.0703 e. The quantitative estimate of drug-likeness (QED) is 0.624. The molecule has 0 radical (unpaired) electrons. The van der Waals surface area contributed by atoms with Crippen LogP contribution in [0.1, 0.15) is 32.6 Å². The fourth-order valence-electron chi connectivity index (χ4n) is 1.48. The Morgan fingerprint density at radius 1 is 1.50 bits per heavy atom. The SMILES string of the molecule is CCCCN(C)CC1(C#N)CC1. The Morgan fingerprint density at radius 3 is 2.58 bits per heavy atom. The Balaban J connectivity index is 2.18. The van der Waals surface area contributed by atoms with Crippen molar-refractivity contribution in [2.75, 3.05) is 20.1 Å². The van der Waals surface area contributed by atoms with Crippen molar-refractivity contribution in [2.24, 2.45) is 5.41 Å². The van der Waals surface area contributed by atoms with Crippen molar-refractivity contribution in [1.29, 1.82) is 5.26 Å². The van der Waals surface area contributed by atoms with E-state index < -0.39 is 0 Å². The third-order valence-corrected chi connectivity index (χ3v) is 2.56. The van der Waals surface area contributed by atoms with Crippen molar-refractivity contribution in [3.8, 4) is 6.07 Å². The Bertz CT molecular complexity index is 177. The summed E-state index contributed by atoms with van der Waals surface area (Å²) >= 11 is 0. The Kier molecular flexibility index (Phi) is 3.11. The summed E-state index contributed by atoms with van der Waals surface area (Å²) < 4.78 is 0. The van der Waals surface area contributed by atoms with Crippen LogP contribution >= 0.6 is 0 Å². The normalized spacial score (nSPS) is 19.2. The zero-order valence-electron chi connectivity index (χ0n) is 8.14. The predicted octanol–water partition coefficient (Wildman–Crippen LogP) is 2.02. The molecule has 12 heavy (non-hydrogen) atoms. The molecule has 2 heteroatoms. The first-order chi connectivity index (χ1) is 5.72. The van der Waals surface area contributed by atoms with E-state index in [-0.39, 0.29) is 5.41 Å². The summed E-state index contributed by atoms with van der Waals surface area (Å²) in [5, 5.41) is 8.85. The van der Waals surface area contributed by atoms with Crippen LogP contribution in [-0.4, -0.2) is 25.0 Å². The van der Waals surface area contributed by atoms with Gasteiger partial charge in [-0.3, -0.25) is 0 Å². The van der Waals surface area contributed by atoms with E-state index in [2.05, 4.69) is 24.9 Å². The Labute approximate surface area is 75.2 Å². The minimum atomic E-state index is 0.0441. The zero-order chi connectivity index (χ0) is 9.03. The molecule has 0 aromatic rings. The molecule has 1 aliphatic carbocycles. The highest BCUT2D eigenvalue weighted by atomic mass is 15.1. The van der Waals surface area contributed by atoms with Gasteiger partial charge in [0, 0.05) is 6.54 Å². The van der Waals surface area contributed by atoms with E-state index in [1.54, 1.807) is 0 Å².